The van der Waals surface area contributed by atoms with E-state index in [-0.39, 0.29) is 12.5 Å². The maximum absolute atomic E-state index is 12.0. The Kier molecular flexibility index (Phi) is 3.48. The molecule has 0 aliphatic rings. The number of carbonyl (C=O) groups is 1. The molecular weight excluding hydrogens is 286 g/mol. The molecule has 1 amide bonds. The van der Waals surface area contributed by atoms with Crippen molar-refractivity contribution in [3.63, 3.8) is 0 Å². The first-order valence-electron chi connectivity index (χ1n) is 6.45. The van der Waals surface area contributed by atoms with Crippen molar-refractivity contribution in [2.24, 2.45) is 0 Å². The number of nitrogens with one attached hydrogen (secondary N) is 1. The summed E-state index contributed by atoms with van der Waals surface area (Å²) in [5.74, 6) is -0.867. The quantitative estimate of drug-likeness (QED) is 0.586. The third-order valence-electron chi connectivity index (χ3n) is 3.06. The number of anilines is 1. The fraction of sp³-hybridized carbons (Fsp3) is 0.0714. The molecule has 0 spiro atoms. The summed E-state index contributed by atoms with van der Waals surface area (Å²) >= 11 is 0. The molecule has 0 saturated heterocycles. The van der Waals surface area contributed by atoms with E-state index < -0.39 is 10.9 Å². The molecule has 0 unspecified atom stereocenters. The average molecular weight is 297 g/mol. The first-order chi connectivity index (χ1) is 10.6. The van der Waals surface area contributed by atoms with E-state index in [1.807, 2.05) is 36.4 Å². The molecule has 22 heavy (non-hydrogen) atoms. The minimum atomic E-state index is -0.709. The summed E-state index contributed by atoms with van der Waals surface area (Å²) in [5, 5.41) is 18.8. The van der Waals surface area contributed by atoms with Gasteiger partial charge in [0.05, 0.1) is 0 Å². The summed E-state index contributed by atoms with van der Waals surface area (Å²) in [6, 6.07) is 13.3. The van der Waals surface area contributed by atoms with E-state index in [4.69, 9.17) is 0 Å². The second kappa shape index (κ2) is 5.60. The smallest absolute Gasteiger partial charge is 0.390 e. The molecule has 0 bridgehead atoms. The third-order valence-corrected chi connectivity index (χ3v) is 3.06. The second-order valence-electron chi connectivity index (χ2n) is 4.57. The molecule has 0 aliphatic heterocycles. The number of hydrogen-bond acceptors (Lipinski definition) is 5. The molecule has 2 aromatic carbocycles. The molecule has 110 valence electrons. The number of hydrogen-bond donors (Lipinski definition) is 1. The summed E-state index contributed by atoms with van der Waals surface area (Å²) < 4.78 is 1.12. The summed E-state index contributed by atoms with van der Waals surface area (Å²) in [7, 11) is 0. The van der Waals surface area contributed by atoms with Crippen LogP contribution in [0, 0.1) is 10.1 Å². The van der Waals surface area contributed by atoms with Crippen molar-refractivity contribution in [1.82, 2.24) is 14.8 Å². The van der Waals surface area contributed by atoms with Gasteiger partial charge in [-0.05, 0) is 16.4 Å². The van der Waals surface area contributed by atoms with Gasteiger partial charge < -0.3 is 15.4 Å². The number of nitro groups is 1. The fourth-order valence-corrected chi connectivity index (χ4v) is 2.12. The Labute approximate surface area is 124 Å². The number of fused-ring (bicyclic) bond motifs is 1. The molecule has 8 nitrogen and oxygen atoms in total. The van der Waals surface area contributed by atoms with Crippen molar-refractivity contribution < 1.29 is 9.72 Å². The maximum Gasteiger partial charge on any atom is 0.490 e. The molecule has 0 fully saturated rings. The molecular formula is C14H11N5O3. The first-order valence-corrected chi connectivity index (χ1v) is 6.45. The Bertz CT molecular complexity index is 853. The Morgan fingerprint density at radius 1 is 1.23 bits per heavy atom. The zero-order chi connectivity index (χ0) is 15.5. The highest BCUT2D eigenvalue weighted by Gasteiger charge is 2.15. The zero-order valence-corrected chi connectivity index (χ0v) is 11.3. The van der Waals surface area contributed by atoms with Crippen LogP contribution < -0.4 is 5.32 Å². The van der Waals surface area contributed by atoms with Crippen LogP contribution in [0.1, 0.15) is 0 Å². The zero-order valence-electron chi connectivity index (χ0n) is 11.3. The number of nitrogens with zero attached hydrogens (tertiary/aromatic N) is 4. The second-order valence-corrected chi connectivity index (χ2v) is 4.57. The van der Waals surface area contributed by atoms with Crippen LogP contribution in [0.3, 0.4) is 0 Å². The summed E-state index contributed by atoms with van der Waals surface area (Å²) in [4.78, 5) is 25.3. The lowest BCUT2D eigenvalue weighted by atomic mass is 10.1. The van der Waals surface area contributed by atoms with Crippen LogP contribution in [0.4, 0.5) is 11.6 Å². The molecule has 0 atom stereocenters. The highest BCUT2D eigenvalue weighted by molar-refractivity contribution is 6.01. The SMILES string of the molecule is O=C(Cn1cnc([N+](=O)[O-])n1)Nc1cccc2ccccc12. The van der Waals surface area contributed by atoms with E-state index in [1.165, 1.54) is 0 Å². The van der Waals surface area contributed by atoms with Crippen LogP contribution in [0.5, 0.6) is 0 Å². The van der Waals surface area contributed by atoms with Crippen LogP contribution in [0.2, 0.25) is 0 Å². The van der Waals surface area contributed by atoms with Crippen molar-refractivity contribution in [3.05, 3.63) is 58.9 Å². The lowest BCUT2D eigenvalue weighted by Gasteiger charge is -2.07. The lowest BCUT2D eigenvalue weighted by molar-refractivity contribution is -0.394. The maximum atomic E-state index is 12.0. The van der Waals surface area contributed by atoms with Crippen molar-refractivity contribution >= 4 is 28.3 Å². The molecule has 1 aromatic heterocycles. The van der Waals surface area contributed by atoms with Crippen LogP contribution in [0.25, 0.3) is 10.8 Å². The van der Waals surface area contributed by atoms with E-state index in [1.54, 1.807) is 6.07 Å². The molecule has 1 heterocycles. The highest BCUT2D eigenvalue weighted by atomic mass is 16.6. The summed E-state index contributed by atoms with van der Waals surface area (Å²) in [6.07, 6.45) is 1.15. The molecule has 3 aromatic rings. The topological polar surface area (TPSA) is 103 Å². The van der Waals surface area contributed by atoms with Gasteiger partial charge in [-0.1, -0.05) is 41.4 Å². The van der Waals surface area contributed by atoms with Crippen LogP contribution in [0.15, 0.2) is 48.8 Å². The molecule has 1 N–H and O–H groups in total. The Hall–Kier alpha value is -3.29. The van der Waals surface area contributed by atoms with Crippen LogP contribution >= 0.6 is 0 Å². The first kappa shape index (κ1) is 13.7. The van der Waals surface area contributed by atoms with Gasteiger partial charge in [-0.3, -0.25) is 4.79 Å². The minimum Gasteiger partial charge on any atom is -0.390 e. The van der Waals surface area contributed by atoms with E-state index in [9.17, 15) is 14.9 Å². The van der Waals surface area contributed by atoms with Gasteiger partial charge in [0, 0.05) is 16.2 Å². The summed E-state index contributed by atoms with van der Waals surface area (Å²) in [5.41, 5.74) is 0.678. The minimum absolute atomic E-state index is 0.149. The average Bonchev–Trinajstić information content (AvgIpc) is 2.96. The van der Waals surface area contributed by atoms with Gasteiger partial charge in [0.25, 0.3) is 0 Å². The van der Waals surface area contributed by atoms with Gasteiger partial charge in [-0.25, -0.2) is 0 Å². The van der Waals surface area contributed by atoms with Crippen LogP contribution in [-0.4, -0.2) is 25.6 Å². The predicted octanol–water partition coefficient (Wildman–Crippen LogP) is 1.98. The van der Waals surface area contributed by atoms with Crippen LogP contribution in [-0.2, 0) is 11.3 Å². The Balaban J connectivity index is 1.77. The van der Waals surface area contributed by atoms with Gasteiger partial charge in [0.2, 0.25) is 12.2 Å². The normalized spacial score (nSPS) is 10.5. The van der Waals surface area contributed by atoms with Crippen molar-refractivity contribution in [1.29, 1.82) is 0 Å². The Morgan fingerprint density at radius 2 is 2.00 bits per heavy atom. The molecule has 0 radical (unpaired) electrons. The van der Waals surface area contributed by atoms with Crippen molar-refractivity contribution in [2.45, 2.75) is 6.54 Å². The molecule has 3 rings (SSSR count). The summed E-state index contributed by atoms with van der Waals surface area (Å²) in [6.45, 7) is -0.149. The Morgan fingerprint density at radius 3 is 2.77 bits per heavy atom. The van der Waals surface area contributed by atoms with E-state index >= 15 is 0 Å². The van der Waals surface area contributed by atoms with E-state index in [0.29, 0.717) is 5.69 Å². The molecule has 8 heteroatoms. The van der Waals surface area contributed by atoms with Crippen molar-refractivity contribution in [2.75, 3.05) is 5.32 Å². The molecule has 0 saturated carbocycles. The van der Waals surface area contributed by atoms with Gasteiger partial charge in [-0.15, -0.1) is 0 Å². The third kappa shape index (κ3) is 2.75. The standard InChI is InChI=1S/C14H11N5O3/c20-13(8-18-9-15-14(17-18)19(21)22)16-12-7-3-5-10-4-1-2-6-11(10)12/h1-7,9H,8H2,(H,16,20). The van der Waals surface area contributed by atoms with Gasteiger partial charge in [-0.2, -0.15) is 4.68 Å². The number of carbonyl (C=O) groups excluding carboxylic acids is 1. The van der Waals surface area contributed by atoms with E-state index in [0.717, 1.165) is 21.8 Å². The number of aromatic nitrogens is 3. The largest absolute Gasteiger partial charge is 0.490 e. The highest BCUT2D eigenvalue weighted by Crippen LogP contribution is 2.22. The van der Waals surface area contributed by atoms with Gasteiger partial charge >= 0.3 is 5.95 Å². The lowest BCUT2D eigenvalue weighted by Crippen LogP contribution is -2.19. The van der Waals surface area contributed by atoms with E-state index in [2.05, 4.69) is 15.4 Å². The monoisotopic (exact) mass is 297 g/mol. The number of rotatable bonds is 4. The number of amides is 1. The number of benzene rings is 2. The molecule has 0 aliphatic carbocycles. The van der Waals surface area contributed by atoms with Gasteiger partial charge in [0.15, 0.2) is 0 Å². The predicted molar refractivity (Wildman–Crippen MR) is 79.3 cm³/mol. The van der Waals surface area contributed by atoms with Crippen molar-refractivity contribution in [3.8, 4) is 0 Å². The fourth-order valence-electron chi connectivity index (χ4n) is 2.12. The van der Waals surface area contributed by atoms with Gasteiger partial charge in [0.1, 0.15) is 6.54 Å².